The highest BCUT2D eigenvalue weighted by Gasteiger charge is 2.17. The Morgan fingerprint density at radius 1 is 1.38 bits per heavy atom. The largest absolute Gasteiger partial charge is 0.386 e. The van der Waals surface area contributed by atoms with Gasteiger partial charge in [0.25, 0.3) is 5.91 Å². The molecule has 26 heavy (non-hydrogen) atoms. The lowest BCUT2D eigenvalue weighted by molar-refractivity contribution is 0.0966. The fourth-order valence-corrected chi connectivity index (χ4v) is 3.03. The predicted molar refractivity (Wildman–Crippen MR) is 102 cm³/mol. The Bertz CT molecular complexity index is 878. The summed E-state index contributed by atoms with van der Waals surface area (Å²) in [5.74, 6) is 1.02. The van der Waals surface area contributed by atoms with Crippen molar-refractivity contribution >= 4 is 5.91 Å². The highest BCUT2D eigenvalue weighted by Crippen LogP contribution is 2.23. The van der Waals surface area contributed by atoms with E-state index in [9.17, 15) is 4.79 Å². The average Bonchev–Trinajstić information content (AvgIpc) is 3.03. The van der Waals surface area contributed by atoms with Crippen molar-refractivity contribution in [2.45, 2.75) is 40.0 Å². The second-order valence-electron chi connectivity index (χ2n) is 6.57. The lowest BCUT2D eigenvalue weighted by Gasteiger charge is -2.13. The molecule has 3 rings (SSSR count). The molecule has 1 aliphatic rings. The van der Waals surface area contributed by atoms with Crippen LogP contribution in [0, 0.1) is 13.8 Å². The Hall–Kier alpha value is -2.89. The van der Waals surface area contributed by atoms with Gasteiger partial charge in [-0.3, -0.25) is 4.79 Å². The van der Waals surface area contributed by atoms with E-state index >= 15 is 0 Å². The van der Waals surface area contributed by atoms with Crippen LogP contribution in [0.2, 0.25) is 0 Å². The molecule has 1 atom stereocenters. The van der Waals surface area contributed by atoms with Crippen LogP contribution in [0.3, 0.4) is 0 Å². The molecule has 0 saturated heterocycles. The minimum Gasteiger partial charge on any atom is -0.386 e. The van der Waals surface area contributed by atoms with Gasteiger partial charge in [-0.05, 0) is 43.9 Å². The number of carbonyl (C=O) groups excluding carboxylic acids is 1. The van der Waals surface area contributed by atoms with Gasteiger partial charge >= 0.3 is 0 Å². The lowest BCUT2D eigenvalue weighted by atomic mass is 9.97. The average molecular weight is 351 g/mol. The number of allylic oxidation sites excluding steroid dienone is 1. The predicted octanol–water partition coefficient (Wildman–Crippen LogP) is 3.13. The number of amides is 1. The van der Waals surface area contributed by atoms with Crippen molar-refractivity contribution in [3.63, 3.8) is 0 Å². The minimum atomic E-state index is -0.179. The maximum Gasteiger partial charge on any atom is 0.259 e. The number of aryl methyl sites for hydroxylation is 1. The van der Waals surface area contributed by atoms with Gasteiger partial charge in [0.1, 0.15) is 0 Å². The van der Waals surface area contributed by atoms with E-state index in [1.165, 1.54) is 5.56 Å². The Morgan fingerprint density at radius 3 is 2.85 bits per heavy atom. The number of dihydropyridines is 1. The van der Waals surface area contributed by atoms with E-state index in [4.69, 9.17) is 4.98 Å². The van der Waals surface area contributed by atoms with E-state index in [2.05, 4.69) is 35.6 Å². The summed E-state index contributed by atoms with van der Waals surface area (Å²) in [6.07, 6.45) is 8.29. The third-order valence-corrected chi connectivity index (χ3v) is 4.78. The molecule has 0 radical (unpaired) electrons. The van der Waals surface area contributed by atoms with Gasteiger partial charge in [-0.15, -0.1) is 0 Å². The standard InChI is InChI=1S/C20H25N5O/c1-5-13(2)17-8-9-19(23-14(17)3)25-15(4)18(12-22-25)20(26)24-16-7-6-10-21-11-16/h6-9,11-13,21H,5,10H2,1-4H3,(H,24,26). The zero-order valence-electron chi connectivity index (χ0n) is 15.7. The number of nitrogens with zero attached hydrogens (tertiary/aromatic N) is 3. The van der Waals surface area contributed by atoms with E-state index in [0.717, 1.165) is 35.9 Å². The van der Waals surface area contributed by atoms with Crippen LogP contribution < -0.4 is 10.6 Å². The third-order valence-electron chi connectivity index (χ3n) is 4.78. The van der Waals surface area contributed by atoms with Gasteiger partial charge in [-0.25, -0.2) is 9.67 Å². The molecule has 1 aliphatic heterocycles. The van der Waals surface area contributed by atoms with Crippen molar-refractivity contribution in [3.05, 3.63) is 64.9 Å². The second-order valence-corrected chi connectivity index (χ2v) is 6.57. The molecule has 6 heteroatoms. The van der Waals surface area contributed by atoms with Crippen LogP contribution in [0.4, 0.5) is 0 Å². The molecule has 2 N–H and O–H groups in total. The highest BCUT2D eigenvalue weighted by atomic mass is 16.1. The fourth-order valence-electron chi connectivity index (χ4n) is 3.03. The molecule has 0 saturated carbocycles. The normalized spacial score (nSPS) is 14.5. The van der Waals surface area contributed by atoms with Crippen molar-refractivity contribution in [2.75, 3.05) is 6.54 Å². The fraction of sp³-hybridized carbons (Fsp3) is 0.350. The van der Waals surface area contributed by atoms with E-state index in [0.29, 0.717) is 11.5 Å². The van der Waals surface area contributed by atoms with E-state index in [-0.39, 0.29) is 5.91 Å². The molecule has 3 heterocycles. The number of rotatable bonds is 5. The molecule has 6 nitrogen and oxygen atoms in total. The lowest BCUT2D eigenvalue weighted by Crippen LogP contribution is -2.25. The van der Waals surface area contributed by atoms with E-state index in [1.807, 2.05) is 32.1 Å². The van der Waals surface area contributed by atoms with Crippen LogP contribution in [0.5, 0.6) is 0 Å². The second kappa shape index (κ2) is 7.56. The third kappa shape index (κ3) is 3.54. The Balaban J connectivity index is 1.84. The molecule has 1 amide bonds. The summed E-state index contributed by atoms with van der Waals surface area (Å²) in [6.45, 7) is 9.05. The summed E-state index contributed by atoms with van der Waals surface area (Å²) in [4.78, 5) is 17.2. The number of carbonyl (C=O) groups is 1. The smallest absolute Gasteiger partial charge is 0.259 e. The van der Waals surface area contributed by atoms with E-state index < -0.39 is 0 Å². The molecular formula is C20H25N5O. The summed E-state index contributed by atoms with van der Waals surface area (Å²) in [6, 6.07) is 4.07. The summed E-state index contributed by atoms with van der Waals surface area (Å²) in [7, 11) is 0. The molecule has 0 aliphatic carbocycles. The van der Waals surface area contributed by atoms with Gasteiger partial charge in [-0.2, -0.15) is 5.10 Å². The van der Waals surface area contributed by atoms with Crippen LogP contribution in [-0.4, -0.2) is 27.2 Å². The number of aromatic nitrogens is 3. The molecular weight excluding hydrogens is 326 g/mol. The Morgan fingerprint density at radius 2 is 2.19 bits per heavy atom. The van der Waals surface area contributed by atoms with Gasteiger partial charge < -0.3 is 10.6 Å². The SMILES string of the molecule is CCC(C)c1ccc(-n2ncc(C(=O)NC3=CNCC=C3)c2C)nc1C. The summed E-state index contributed by atoms with van der Waals surface area (Å²) >= 11 is 0. The van der Waals surface area contributed by atoms with Crippen molar-refractivity contribution < 1.29 is 4.79 Å². The van der Waals surface area contributed by atoms with Gasteiger partial charge in [0.05, 0.1) is 23.2 Å². The van der Waals surface area contributed by atoms with Crippen LogP contribution in [0.25, 0.3) is 5.82 Å². The summed E-state index contributed by atoms with van der Waals surface area (Å²) < 4.78 is 1.71. The molecule has 2 aromatic rings. The van der Waals surface area contributed by atoms with Crippen LogP contribution in [-0.2, 0) is 0 Å². The molecule has 1 unspecified atom stereocenters. The number of pyridine rings is 1. The number of hydrogen-bond donors (Lipinski definition) is 2. The topological polar surface area (TPSA) is 71.8 Å². The van der Waals surface area contributed by atoms with E-state index in [1.54, 1.807) is 17.1 Å². The van der Waals surface area contributed by atoms with Crippen molar-refractivity contribution in [1.29, 1.82) is 0 Å². The van der Waals surface area contributed by atoms with Crippen molar-refractivity contribution in [1.82, 2.24) is 25.4 Å². The zero-order valence-corrected chi connectivity index (χ0v) is 15.7. The molecule has 0 aromatic carbocycles. The molecule has 0 bridgehead atoms. The molecule has 0 spiro atoms. The Kier molecular flexibility index (Phi) is 5.21. The summed E-state index contributed by atoms with van der Waals surface area (Å²) in [5, 5.41) is 10.3. The molecule has 136 valence electrons. The first-order chi connectivity index (χ1) is 12.5. The monoisotopic (exact) mass is 351 g/mol. The van der Waals surface area contributed by atoms with Gasteiger partial charge in [0.15, 0.2) is 5.82 Å². The number of hydrogen-bond acceptors (Lipinski definition) is 4. The quantitative estimate of drug-likeness (QED) is 0.868. The minimum absolute atomic E-state index is 0.179. The first-order valence-corrected chi connectivity index (χ1v) is 8.95. The van der Waals surface area contributed by atoms with Crippen molar-refractivity contribution in [2.24, 2.45) is 0 Å². The van der Waals surface area contributed by atoms with Gasteiger partial charge in [-0.1, -0.05) is 26.0 Å². The highest BCUT2D eigenvalue weighted by molar-refractivity contribution is 5.96. The first-order valence-electron chi connectivity index (χ1n) is 8.95. The summed E-state index contributed by atoms with van der Waals surface area (Å²) in [5.41, 5.74) is 4.29. The molecule has 2 aromatic heterocycles. The maximum absolute atomic E-state index is 12.5. The van der Waals surface area contributed by atoms with Crippen LogP contribution >= 0.6 is 0 Å². The number of nitrogens with one attached hydrogen (secondary N) is 2. The van der Waals surface area contributed by atoms with Crippen LogP contribution in [0.1, 0.15) is 53.5 Å². The Labute approximate surface area is 154 Å². The van der Waals surface area contributed by atoms with Gasteiger partial charge in [0, 0.05) is 18.4 Å². The first kappa shape index (κ1) is 17.9. The zero-order chi connectivity index (χ0) is 18.7. The van der Waals surface area contributed by atoms with Gasteiger partial charge in [0.2, 0.25) is 0 Å². The van der Waals surface area contributed by atoms with Crippen LogP contribution in [0.15, 0.2) is 42.4 Å². The maximum atomic E-state index is 12.5. The van der Waals surface area contributed by atoms with Crippen molar-refractivity contribution in [3.8, 4) is 5.82 Å². The molecule has 0 fully saturated rings.